The lowest BCUT2D eigenvalue weighted by Gasteiger charge is -2.33. The topological polar surface area (TPSA) is 11.4 Å². The van der Waals surface area contributed by atoms with Crippen LogP contribution in [0.5, 0.6) is 0 Å². The zero-order valence-electron chi connectivity index (χ0n) is 34.7. The minimum absolute atomic E-state index is 1.07. The summed E-state index contributed by atoms with van der Waals surface area (Å²) in [6.07, 6.45) is 0. The van der Waals surface area contributed by atoms with Crippen molar-refractivity contribution in [2.24, 2.45) is 0 Å². The Hall–Kier alpha value is -8.40. The number of para-hydroxylation sites is 4. The maximum Gasteiger partial charge on any atom is 0.0561 e. The third-order valence-electron chi connectivity index (χ3n) is 12.0. The fourth-order valence-electron chi connectivity index (χ4n) is 9.15. The molecule has 0 spiro atoms. The Morgan fingerprint density at radius 1 is 0.270 bits per heavy atom. The molecule has 0 aliphatic rings. The Labute approximate surface area is 368 Å². The number of benzene rings is 10. The van der Waals surface area contributed by atoms with Gasteiger partial charge in [-0.2, -0.15) is 0 Å². The van der Waals surface area contributed by atoms with Gasteiger partial charge in [0.15, 0.2) is 0 Å². The summed E-state index contributed by atoms with van der Waals surface area (Å²) in [7, 11) is 0. The standard InChI is InChI=1S/C60H43N3/c1-6-20-44(21-7-1)45-36-40-51(41-37-45)61(48-24-10-3-11-25-48)56-34-19-35-57(59(56)47-22-8-2-9-23-47)62(49-26-12-4-13-27-49)52-42-38-46(39-43-52)53-31-18-33-58-60(53)54-30-16-17-32-55(54)63(58)50-28-14-5-15-29-50/h1-43H. The first-order chi connectivity index (χ1) is 31.3. The number of hydrogen-bond acceptors (Lipinski definition) is 2. The van der Waals surface area contributed by atoms with Crippen molar-refractivity contribution in [2.75, 3.05) is 9.80 Å². The maximum absolute atomic E-state index is 2.40. The molecule has 0 saturated heterocycles. The van der Waals surface area contributed by atoms with Gasteiger partial charge in [-0.05, 0) is 113 Å². The molecule has 0 amide bonds. The predicted octanol–water partition coefficient (Wildman–Crippen LogP) is 16.7. The number of aromatic nitrogens is 1. The van der Waals surface area contributed by atoms with E-state index in [1.54, 1.807) is 0 Å². The quantitative estimate of drug-likeness (QED) is 0.136. The lowest BCUT2D eigenvalue weighted by atomic mass is 9.97. The molecule has 1 aromatic heterocycles. The van der Waals surface area contributed by atoms with E-state index < -0.39 is 0 Å². The molecule has 63 heavy (non-hydrogen) atoms. The summed E-state index contributed by atoms with van der Waals surface area (Å²) in [6, 6.07) is 93.7. The molecular formula is C60H43N3. The van der Waals surface area contributed by atoms with Crippen molar-refractivity contribution in [1.29, 1.82) is 0 Å². The van der Waals surface area contributed by atoms with E-state index in [9.17, 15) is 0 Å². The molecule has 298 valence electrons. The molecule has 0 aliphatic carbocycles. The smallest absolute Gasteiger partial charge is 0.0561 e. The van der Waals surface area contributed by atoms with Crippen molar-refractivity contribution in [3.05, 3.63) is 261 Å². The Balaban J connectivity index is 1.08. The van der Waals surface area contributed by atoms with Gasteiger partial charge in [0.1, 0.15) is 0 Å². The molecule has 11 rings (SSSR count). The fourth-order valence-corrected chi connectivity index (χ4v) is 9.15. The van der Waals surface area contributed by atoms with Crippen LogP contribution in [0.2, 0.25) is 0 Å². The number of nitrogens with zero attached hydrogens (tertiary/aromatic N) is 3. The summed E-state index contributed by atoms with van der Waals surface area (Å²) in [5, 5.41) is 2.49. The molecule has 0 aliphatic heterocycles. The summed E-state index contributed by atoms with van der Waals surface area (Å²) < 4.78 is 2.38. The lowest BCUT2D eigenvalue weighted by molar-refractivity contribution is 1.18. The van der Waals surface area contributed by atoms with Crippen molar-refractivity contribution in [1.82, 2.24) is 4.57 Å². The van der Waals surface area contributed by atoms with Crippen LogP contribution < -0.4 is 9.80 Å². The molecule has 10 aromatic carbocycles. The molecule has 0 saturated carbocycles. The average molecular weight is 806 g/mol. The maximum atomic E-state index is 2.40. The Bertz CT molecular complexity index is 3290. The predicted molar refractivity (Wildman–Crippen MR) is 266 cm³/mol. The molecule has 3 nitrogen and oxygen atoms in total. The van der Waals surface area contributed by atoms with Crippen LogP contribution in [-0.2, 0) is 0 Å². The minimum atomic E-state index is 1.07. The fraction of sp³-hybridized carbons (Fsp3) is 0. The van der Waals surface area contributed by atoms with Gasteiger partial charge in [-0.3, -0.25) is 0 Å². The van der Waals surface area contributed by atoms with E-state index in [1.807, 2.05) is 0 Å². The van der Waals surface area contributed by atoms with Crippen LogP contribution in [0.4, 0.5) is 34.1 Å². The summed E-state index contributed by atoms with van der Waals surface area (Å²) in [5.41, 5.74) is 17.0. The average Bonchev–Trinajstić information content (AvgIpc) is 3.71. The number of fused-ring (bicyclic) bond motifs is 3. The van der Waals surface area contributed by atoms with Gasteiger partial charge >= 0.3 is 0 Å². The van der Waals surface area contributed by atoms with Crippen LogP contribution in [0, 0.1) is 0 Å². The third-order valence-corrected chi connectivity index (χ3v) is 12.0. The molecule has 1 heterocycles. The van der Waals surface area contributed by atoms with Crippen molar-refractivity contribution in [3.63, 3.8) is 0 Å². The highest BCUT2D eigenvalue weighted by Gasteiger charge is 2.25. The highest BCUT2D eigenvalue weighted by molar-refractivity contribution is 6.15. The van der Waals surface area contributed by atoms with Gasteiger partial charge in [-0.1, -0.05) is 176 Å². The Morgan fingerprint density at radius 3 is 1.25 bits per heavy atom. The first kappa shape index (κ1) is 37.6. The highest BCUT2D eigenvalue weighted by atomic mass is 15.2. The van der Waals surface area contributed by atoms with Crippen molar-refractivity contribution >= 4 is 55.9 Å². The van der Waals surface area contributed by atoms with Gasteiger partial charge < -0.3 is 14.4 Å². The van der Waals surface area contributed by atoms with Crippen molar-refractivity contribution in [3.8, 4) is 39.1 Å². The monoisotopic (exact) mass is 805 g/mol. The summed E-state index contributed by atoms with van der Waals surface area (Å²) in [4.78, 5) is 4.79. The molecule has 0 unspecified atom stereocenters. The van der Waals surface area contributed by atoms with E-state index in [0.29, 0.717) is 0 Å². The molecule has 3 heteroatoms. The highest BCUT2D eigenvalue weighted by Crippen LogP contribution is 2.49. The number of anilines is 6. The molecule has 0 fully saturated rings. The van der Waals surface area contributed by atoms with Gasteiger partial charge in [0.25, 0.3) is 0 Å². The van der Waals surface area contributed by atoms with E-state index in [4.69, 9.17) is 0 Å². The second-order valence-electron chi connectivity index (χ2n) is 15.7. The first-order valence-electron chi connectivity index (χ1n) is 21.5. The zero-order chi connectivity index (χ0) is 42.0. The minimum Gasteiger partial charge on any atom is -0.310 e. The largest absolute Gasteiger partial charge is 0.310 e. The van der Waals surface area contributed by atoms with E-state index in [1.165, 1.54) is 44.1 Å². The van der Waals surface area contributed by atoms with Crippen LogP contribution >= 0.6 is 0 Å². The molecule has 0 radical (unpaired) electrons. The van der Waals surface area contributed by atoms with Gasteiger partial charge in [0, 0.05) is 44.8 Å². The Kier molecular flexibility index (Phi) is 9.89. The normalized spacial score (nSPS) is 11.2. The number of rotatable bonds is 10. The van der Waals surface area contributed by atoms with E-state index in [-0.39, 0.29) is 0 Å². The third kappa shape index (κ3) is 7.02. The van der Waals surface area contributed by atoms with Gasteiger partial charge in [0.2, 0.25) is 0 Å². The lowest BCUT2D eigenvalue weighted by Crippen LogP contribution is -2.15. The molecule has 0 bridgehead atoms. The SMILES string of the molecule is c1ccc(-c2ccc(N(c3ccccc3)c3cccc(N(c4ccccc4)c4ccc(-c5cccc6c5c5ccccc5n6-c5ccccc5)cc4)c3-c3ccccc3)cc2)cc1. The van der Waals surface area contributed by atoms with Crippen LogP contribution in [0.25, 0.3) is 60.9 Å². The summed E-state index contributed by atoms with van der Waals surface area (Å²) in [5.74, 6) is 0. The molecule has 0 N–H and O–H groups in total. The second-order valence-corrected chi connectivity index (χ2v) is 15.7. The van der Waals surface area contributed by atoms with Crippen LogP contribution in [0.3, 0.4) is 0 Å². The Morgan fingerprint density at radius 2 is 0.683 bits per heavy atom. The summed E-state index contributed by atoms with van der Waals surface area (Å²) >= 11 is 0. The van der Waals surface area contributed by atoms with Crippen molar-refractivity contribution in [2.45, 2.75) is 0 Å². The van der Waals surface area contributed by atoms with Crippen LogP contribution in [0.15, 0.2) is 261 Å². The molecule has 11 aromatic rings. The summed E-state index contributed by atoms with van der Waals surface area (Å²) in [6.45, 7) is 0. The van der Waals surface area contributed by atoms with E-state index in [0.717, 1.165) is 50.9 Å². The zero-order valence-corrected chi connectivity index (χ0v) is 34.7. The van der Waals surface area contributed by atoms with Crippen molar-refractivity contribution < 1.29 is 0 Å². The van der Waals surface area contributed by atoms with Crippen LogP contribution in [0.1, 0.15) is 0 Å². The van der Waals surface area contributed by atoms with Gasteiger partial charge in [-0.25, -0.2) is 0 Å². The first-order valence-corrected chi connectivity index (χ1v) is 21.5. The van der Waals surface area contributed by atoms with Gasteiger partial charge in [0.05, 0.1) is 22.4 Å². The van der Waals surface area contributed by atoms with Crippen LogP contribution in [-0.4, -0.2) is 4.57 Å². The second kappa shape index (κ2) is 16.6. The van der Waals surface area contributed by atoms with E-state index in [2.05, 4.69) is 275 Å². The number of hydrogen-bond donors (Lipinski definition) is 0. The molecular weight excluding hydrogens is 763 g/mol. The van der Waals surface area contributed by atoms with E-state index >= 15 is 0 Å². The van der Waals surface area contributed by atoms with Gasteiger partial charge in [-0.15, -0.1) is 0 Å². The molecule has 0 atom stereocenters.